The Morgan fingerprint density at radius 2 is 1.56 bits per heavy atom. The van der Waals surface area contributed by atoms with Gasteiger partial charge < -0.3 is 14.6 Å². The number of hydrogen-bond donors (Lipinski definition) is 1. The average Bonchev–Trinajstić information content (AvgIpc) is 3.27. The third-order valence-electron chi connectivity index (χ3n) is 6.53. The van der Waals surface area contributed by atoms with Crippen molar-refractivity contribution < 1.29 is 36.2 Å². The Hall–Kier alpha value is -3.28. The van der Waals surface area contributed by atoms with Crippen molar-refractivity contribution in [3.05, 3.63) is 66.7 Å². The van der Waals surface area contributed by atoms with Gasteiger partial charge in [0.2, 0.25) is 0 Å². The van der Waals surface area contributed by atoms with Crippen molar-refractivity contribution in [2.45, 2.75) is 29.7 Å². The lowest BCUT2D eigenvalue weighted by Gasteiger charge is -2.26. The van der Waals surface area contributed by atoms with E-state index in [0.717, 1.165) is 31.8 Å². The molecule has 0 amide bonds. The lowest BCUT2D eigenvalue weighted by molar-refractivity contribution is -0.0436. The summed E-state index contributed by atoms with van der Waals surface area (Å²) in [7, 11) is -5.46. The summed E-state index contributed by atoms with van der Waals surface area (Å²) in [5.74, 6) is 1.73. The molecule has 3 aromatic carbocycles. The lowest BCUT2D eigenvalue weighted by atomic mass is 10.1. The van der Waals surface area contributed by atoms with Crippen LogP contribution in [0.4, 0.5) is 13.2 Å². The van der Waals surface area contributed by atoms with Gasteiger partial charge in [-0.1, -0.05) is 18.6 Å². The molecule has 0 saturated carbocycles. The normalized spacial score (nSPS) is 14.9. The molecule has 1 aliphatic rings. The van der Waals surface area contributed by atoms with Crippen molar-refractivity contribution in [3.63, 3.8) is 0 Å². The van der Waals surface area contributed by atoms with E-state index in [0.29, 0.717) is 44.4 Å². The number of sulfone groups is 1. The van der Waals surface area contributed by atoms with Gasteiger partial charge in [0.1, 0.15) is 23.9 Å². The maximum atomic E-state index is 13.0. The molecule has 1 saturated heterocycles. The number of ether oxygens (including phenoxy) is 2. The van der Waals surface area contributed by atoms with E-state index in [2.05, 4.69) is 4.90 Å². The number of alkyl halides is 3. The highest BCUT2D eigenvalue weighted by molar-refractivity contribution is 7.92. The summed E-state index contributed by atoms with van der Waals surface area (Å²) >= 11 is 1.27. The number of phenols is 1. The Balaban J connectivity index is 1.37. The van der Waals surface area contributed by atoms with Crippen molar-refractivity contribution in [1.82, 2.24) is 4.90 Å². The summed E-state index contributed by atoms with van der Waals surface area (Å²) in [5, 5.41) is 10.6. The molecule has 11 heteroatoms. The van der Waals surface area contributed by atoms with Crippen LogP contribution in [0.2, 0.25) is 0 Å². The van der Waals surface area contributed by atoms with Crippen molar-refractivity contribution in [2.24, 2.45) is 0 Å². The second-order valence-corrected chi connectivity index (χ2v) is 12.2. The zero-order chi connectivity index (χ0) is 27.6. The van der Waals surface area contributed by atoms with Crippen molar-refractivity contribution in [2.75, 3.05) is 26.2 Å². The highest BCUT2D eigenvalue weighted by Gasteiger charge is 2.46. The third-order valence-corrected chi connectivity index (χ3v) is 9.21. The molecule has 206 valence electrons. The molecule has 6 nitrogen and oxygen atoms in total. The second kappa shape index (κ2) is 11.1. The van der Waals surface area contributed by atoms with E-state index in [-0.39, 0.29) is 5.75 Å². The van der Waals surface area contributed by atoms with Gasteiger partial charge in [-0.25, -0.2) is 8.42 Å². The zero-order valence-electron chi connectivity index (χ0n) is 20.8. The maximum absolute atomic E-state index is 13.0. The van der Waals surface area contributed by atoms with Gasteiger partial charge in [0, 0.05) is 16.6 Å². The van der Waals surface area contributed by atoms with Crippen LogP contribution in [-0.2, 0) is 9.84 Å². The van der Waals surface area contributed by atoms with E-state index >= 15 is 0 Å². The smallest absolute Gasteiger partial charge is 0.501 e. The average molecular weight is 578 g/mol. The maximum Gasteiger partial charge on any atom is 0.501 e. The molecular formula is C28H26F3NO5S2. The van der Waals surface area contributed by atoms with E-state index in [1.807, 2.05) is 12.1 Å². The predicted molar refractivity (Wildman–Crippen MR) is 144 cm³/mol. The quantitative estimate of drug-likeness (QED) is 0.238. The van der Waals surface area contributed by atoms with Crippen molar-refractivity contribution >= 4 is 31.3 Å². The first kappa shape index (κ1) is 27.3. The molecule has 1 fully saturated rings. The molecule has 1 aliphatic heterocycles. The number of aromatic hydroxyl groups is 1. The Bertz CT molecular complexity index is 1540. The number of hydrogen-bond acceptors (Lipinski definition) is 7. The van der Waals surface area contributed by atoms with E-state index in [1.54, 1.807) is 24.3 Å². The predicted octanol–water partition coefficient (Wildman–Crippen LogP) is 7.22. The molecule has 0 bridgehead atoms. The van der Waals surface area contributed by atoms with Crippen LogP contribution in [0.3, 0.4) is 0 Å². The van der Waals surface area contributed by atoms with Crippen molar-refractivity contribution in [3.8, 4) is 33.4 Å². The molecular weight excluding hydrogens is 551 g/mol. The molecule has 0 atom stereocenters. The second-order valence-electron chi connectivity index (χ2n) is 9.24. The van der Waals surface area contributed by atoms with E-state index in [1.165, 1.54) is 48.8 Å². The van der Waals surface area contributed by atoms with Gasteiger partial charge in [0.05, 0.1) is 9.77 Å². The molecule has 5 rings (SSSR count). The number of halogens is 3. The third kappa shape index (κ3) is 6.00. The number of benzene rings is 3. The van der Waals surface area contributed by atoms with Crippen LogP contribution in [0.15, 0.2) is 71.6 Å². The van der Waals surface area contributed by atoms with Crippen LogP contribution < -0.4 is 9.47 Å². The number of phenolic OH excluding ortho intramolecular Hbond substituents is 1. The zero-order valence-corrected chi connectivity index (χ0v) is 22.4. The van der Waals surface area contributed by atoms with Gasteiger partial charge >= 0.3 is 5.51 Å². The van der Waals surface area contributed by atoms with E-state index in [9.17, 15) is 26.7 Å². The minimum Gasteiger partial charge on any atom is -0.508 e. The number of nitrogens with zero attached hydrogens (tertiary/aromatic N) is 1. The van der Waals surface area contributed by atoms with Gasteiger partial charge in [-0.3, -0.25) is 4.90 Å². The van der Waals surface area contributed by atoms with E-state index in [4.69, 9.17) is 9.47 Å². The number of thiophene rings is 1. The van der Waals surface area contributed by atoms with Crippen LogP contribution in [0.25, 0.3) is 20.5 Å². The number of likely N-dealkylation sites (tertiary alicyclic amines) is 1. The molecule has 0 unspecified atom stereocenters. The Morgan fingerprint density at radius 1 is 0.897 bits per heavy atom. The summed E-state index contributed by atoms with van der Waals surface area (Å²) < 4.78 is 75.3. The first-order chi connectivity index (χ1) is 18.6. The molecule has 2 heterocycles. The summed E-state index contributed by atoms with van der Waals surface area (Å²) in [5.41, 5.74) is -4.91. The van der Waals surface area contributed by atoms with E-state index < -0.39 is 20.2 Å². The highest BCUT2D eigenvalue weighted by Crippen LogP contribution is 2.47. The minimum absolute atomic E-state index is 0.0551. The molecule has 0 aliphatic carbocycles. The lowest BCUT2D eigenvalue weighted by Crippen LogP contribution is -2.33. The fourth-order valence-electron chi connectivity index (χ4n) is 4.47. The fraction of sp³-hybridized carbons (Fsp3) is 0.286. The number of fused-ring (bicyclic) bond motifs is 1. The van der Waals surface area contributed by atoms with Gasteiger partial charge in [-0.05, 0) is 86.1 Å². The monoisotopic (exact) mass is 577 g/mol. The highest BCUT2D eigenvalue weighted by atomic mass is 32.2. The summed E-state index contributed by atoms with van der Waals surface area (Å²) in [4.78, 5) is 2.14. The number of rotatable bonds is 8. The SMILES string of the molecule is O=S(=O)(c1ccc(-c2sc3cc(O)ccc3c2Oc2ccc(OCCN3CCCCC3)cc2)cc1)C(F)(F)F. The van der Waals surface area contributed by atoms with Gasteiger partial charge in [0.15, 0.2) is 5.75 Å². The first-order valence-corrected chi connectivity index (χ1v) is 14.7. The summed E-state index contributed by atoms with van der Waals surface area (Å²) in [6, 6.07) is 16.4. The Morgan fingerprint density at radius 3 is 2.23 bits per heavy atom. The van der Waals surface area contributed by atoms with Gasteiger partial charge in [0.25, 0.3) is 9.84 Å². The minimum atomic E-state index is -5.46. The topological polar surface area (TPSA) is 76.1 Å². The van der Waals surface area contributed by atoms with Crippen LogP contribution in [0.1, 0.15) is 19.3 Å². The van der Waals surface area contributed by atoms with Crippen LogP contribution in [-0.4, -0.2) is 50.2 Å². The van der Waals surface area contributed by atoms with Crippen LogP contribution in [0, 0.1) is 0 Å². The summed E-state index contributed by atoms with van der Waals surface area (Å²) in [6.07, 6.45) is 3.73. The molecule has 4 aromatic rings. The Kier molecular flexibility index (Phi) is 7.75. The summed E-state index contributed by atoms with van der Waals surface area (Å²) in [6.45, 7) is 3.67. The fourth-order valence-corrected chi connectivity index (χ4v) is 6.40. The van der Waals surface area contributed by atoms with Crippen LogP contribution >= 0.6 is 11.3 Å². The molecule has 0 spiro atoms. The number of piperidine rings is 1. The molecule has 1 N–H and O–H groups in total. The Labute approximate surface area is 228 Å². The van der Waals surface area contributed by atoms with Gasteiger partial charge in [-0.2, -0.15) is 13.2 Å². The first-order valence-electron chi connectivity index (χ1n) is 12.4. The van der Waals surface area contributed by atoms with Crippen LogP contribution in [0.5, 0.6) is 23.0 Å². The largest absolute Gasteiger partial charge is 0.508 e. The molecule has 39 heavy (non-hydrogen) atoms. The standard InChI is InChI=1S/C28H26F3NO5S2/c29-28(30,31)39(34,35)23-11-4-19(5-12-23)27-26(24-13-6-20(33)18-25(24)38-27)37-22-9-7-21(8-10-22)36-17-16-32-14-2-1-3-15-32/h4-13,18,33H,1-3,14-17H2. The van der Waals surface area contributed by atoms with Gasteiger partial charge in [-0.15, -0.1) is 11.3 Å². The molecule has 0 radical (unpaired) electrons. The molecule has 1 aromatic heterocycles. The van der Waals surface area contributed by atoms with Crippen molar-refractivity contribution in [1.29, 1.82) is 0 Å².